The normalized spacial score (nSPS) is 19.5. The lowest BCUT2D eigenvalue weighted by Gasteiger charge is -2.08. The monoisotopic (exact) mass is 297 g/mol. The fourth-order valence-electron chi connectivity index (χ4n) is 2.07. The highest BCUT2D eigenvalue weighted by Crippen LogP contribution is 2.19. The van der Waals surface area contributed by atoms with E-state index in [4.69, 9.17) is 4.74 Å². The summed E-state index contributed by atoms with van der Waals surface area (Å²) < 4.78 is 6.38. The molecule has 0 bridgehead atoms. The standard InChI is InChI=1S/C13H16BrNO2/c14-11-7-10(8-15-9-11)13(16)5-1-3-12-4-2-6-17-12/h7-9,12H,1-6H2. The van der Waals surface area contributed by atoms with E-state index in [1.807, 2.05) is 6.07 Å². The van der Waals surface area contributed by atoms with Crippen LogP contribution in [-0.4, -0.2) is 23.5 Å². The molecule has 1 aromatic heterocycles. The molecule has 0 saturated carbocycles. The molecular weight excluding hydrogens is 282 g/mol. The number of aromatic nitrogens is 1. The molecule has 0 radical (unpaired) electrons. The molecule has 0 aromatic carbocycles. The van der Waals surface area contributed by atoms with Gasteiger partial charge >= 0.3 is 0 Å². The maximum atomic E-state index is 11.9. The van der Waals surface area contributed by atoms with Crippen molar-refractivity contribution in [3.63, 3.8) is 0 Å². The van der Waals surface area contributed by atoms with Crippen LogP contribution >= 0.6 is 15.9 Å². The number of pyridine rings is 1. The van der Waals surface area contributed by atoms with Crippen LogP contribution in [0.3, 0.4) is 0 Å². The Kier molecular flexibility index (Phi) is 4.68. The van der Waals surface area contributed by atoms with Gasteiger partial charge < -0.3 is 4.74 Å². The Balaban J connectivity index is 1.77. The van der Waals surface area contributed by atoms with Crippen molar-refractivity contribution in [1.82, 2.24) is 4.98 Å². The number of carbonyl (C=O) groups is 1. The molecule has 1 unspecified atom stereocenters. The van der Waals surface area contributed by atoms with Crippen molar-refractivity contribution in [3.05, 3.63) is 28.5 Å². The zero-order chi connectivity index (χ0) is 12.1. The summed E-state index contributed by atoms with van der Waals surface area (Å²) in [7, 11) is 0. The number of nitrogens with zero attached hydrogens (tertiary/aromatic N) is 1. The molecule has 0 aliphatic carbocycles. The average Bonchev–Trinajstić information content (AvgIpc) is 2.82. The van der Waals surface area contributed by atoms with E-state index in [9.17, 15) is 4.79 Å². The number of hydrogen-bond donors (Lipinski definition) is 0. The average molecular weight is 298 g/mol. The second-order valence-electron chi connectivity index (χ2n) is 4.34. The fraction of sp³-hybridized carbons (Fsp3) is 0.538. The molecule has 0 N–H and O–H groups in total. The van der Waals surface area contributed by atoms with E-state index in [1.54, 1.807) is 12.4 Å². The van der Waals surface area contributed by atoms with Crippen molar-refractivity contribution < 1.29 is 9.53 Å². The van der Waals surface area contributed by atoms with Gasteiger partial charge in [-0.2, -0.15) is 0 Å². The first kappa shape index (κ1) is 12.7. The molecule has 92 valence electrons. The predicted molar refractivity (Wildman–Crippen MR) is 69.1 cm³/mol. The van der Waals surface area contributed by atoms with Crippen LogP contribution in [0.15, 0.2) is 22.9 Å². The third kappa shape index (κ3) is 3.89. The van der Waals surface area contributed by atoms with Crippen molar-refractivity contribution in [2.24, 2.45) is 0 Å². The van der Waals surface area contributed by atoms with E-state index in [2.05, 4.69) is 20.9 Å². The van der Waals surface area contributed by atoms with Gasteiger partial charge in [-0.05, 0) is 47.7 Å². The van der Waals surface area contributed by atoms with Crippen molar-refractivity contribution in [2.75, 3.05) is 6.61 Å². The molecule has 1 saturated heterocycles. The molecular formula is C13H16BrNO2. The lowest BCUT2D eigenvalue weighted by Crippen LogP contribution is -2.06. The Morgan fingerprint density at radius 2 is 2.41 bits per heavy atom. The molecule has 1 fully saturated rings. The van der Waals surface area contributed by atoms with Crippen LogP contribution in [0.4, 0.5) is 0 Å². The van der Waals surface area contributed by atoms with Crippen molar-refractivity contribution in [3.8, 4) is 0 Å². The van der Waals surface area contributed by atoms with E-state index >= 15 is 0 Å². The summed E-state index contributed by atoms with van der Waals surface area (Å²) in [6, 6.07) is 1.82. The predicted octanol–water partition coefficient (Wildman–Crippen LogP) is 3.38. The first-order valence-corrected chi connectivity index (χ1v) is 6.80. The zero-order valence-corrected chi connectivity index (χ0v) is 11.3. The van der Waals surface area contributed by atoms with E-state index in [0.717, 1.165) is 36.8 Å². The minimum atomic E-state index is 0.164. The first-order chi connectivity index (χ1) is 8.25. The van der Waals surface area contributed by atoms with Gasteiger partial charge in [0.15, 0.2) is 5.78 Å². The van der Waals surface area contributed by atoms with Crippen molar-refractivity contribution in [2.45, 2.75) is 38.2 Å². The van der Waals surface area contributed by atoms with Crippen molar-refractivity contribution >= 4 is 21.7 Å². The summed E-state index contributed by atoms with van der Waals surface area (Å²) in [5.41, 5.74) is 0.687. The van der Waals surface area contributed by atoms with Gasteiger partial charge in [0.2, 0.25) is 0 Å². The summed E-state index contributed by atoms with van der Waals surface area (Å²) in [5, 5.41) is 0. The van der Waals surface area contributed by atoms with Crippen LogP contribution in [0.1, 0.15) is 42.5 Å². The number of Topliss-reactive ketones (excluding diaryl/α,β-unsaturated/α-hetero) is 1. The fourth-order valence-corrected chi connectivity index (χ4v) is 2.44. The van der Waals surface area contributed by atoms with Gasteiger partial charge in [-0.15, -0.1) is 0 Å². The molecule has 2 rings (SSSR count). The highest BCUT2D eigenvalue weighted by Gasteiger charge is 2.15. The van der Waals surface area contributed by atoms with Crippen LogP contribution in [0, 0.1) is 0 Å². The Labute approximate surface area is 110 Å². The van der Waals surface area contributed by atoms with Crippen LogP contribution < -0.4 is 0 Å². The maximum Gasteiger partial charge on any atom is 0.164 e. The second kappa shape index (κ2) is 6.26. The van der Waals surface area contributed by atoms with Gasteiger partial charge in [0.25, 0.3) is 0 Å². The van der Waals surface area contributed by atoms with Gasteiger partial charge in [0, 0.05) is 35.5 Å². The molecule has 0 spiro atoms. The third-order valence-corrected chi connectivity index (χ3v) is 3.41. The number of carbonyl (C=O) groups excluding carboxylic acids is 1. The smallest absolute Gasteiger partial charge is 0.164 e. The lowest BCUT2D eigenvalue weighted by molar-refractivity contribution is 0.0922. The van der Waals surface area contributed by atoms with Crippen LogP contribution in [-0.2, 0) is 4.74 Å². The van der Waals surface area contributed by atoms with Gasteiger partial charge in [-0.3, -0.25) is 9.78 Å². The van der Waals surface area contributed by atoms with E-state index in [1.165, 1.54) is 0 Å². The molecule has 4 heteroatoms. The quantitative estimate of drug-likeness (QED) is 0.782. The molecule has 1 aromatic rings. The van der Waals surface area contributed by atoms with Crippen LogP contribution in [0.5, 0.6) is 0 Å². The number of hydrogen-bond acceptors (Lipinski definition) is 3. The molecule has 1 atom stereocenters. The first-order valence-electron chi connectivity index (χ1n) is 6.01. The van der Waals surface area contributed by atoms with E-state index < -0.39 is 0 Å². The molecule has 3 nitrogen and oxygen atoms in total. The highest BCUT2D eigenvalue weighted by molar-refractivity contribution is 9.10. The summed E-state index contributed by atoms with van der Waals surface area (Å²) in [5.74, 6) is 0.164. The number of rotatable bonds is 5. The summed E-state index contributed by atoms with van der Waals surface area (Å²) >= 11 is 3.32. The van der Waals surface area contributed by atoms with Gasteiger partial charge in [0.05, 0.1) is 6.10 Å². The van der Waals surface area contributed by atoms with Crippen molar-refractivity contribution in [1.29, 1.82) is 0 Å². The lowest BCUT2D eigenvalue weighted by atomic mass is 10.0. The Morgan fingerprint density at radius 3 is 3.12 bits per heavy atom. The topological polar surface area (TPSA) is 39.2 Å². The van der Waals surface area contributed by atoms with Gasteiger partial charge in [0.1, 0.15) is 0 Å². The van der Waals surface area contributed by atoms with E-state index in [-0.39, 0.29) is 5.78 Å². The van der Waals surface area contributed by atoms with Gasteiger partial charge in [-0.1, -0.05) is 0 Å². The molecule has 1 aliphatic rings. The van der Waals surface area contributed by atoms with Crippen LogP contribution in [0.25, 0.3) is 0 Å². The molecule has 1 aliphatic heterocycles. The SMILES string of the molecule is O=C(CCCC1CCCO1)c1cncc(Br)c1. The summed E-state index contributed by atoms with van der Waals surface area (Å²) in [6.45, 7) is 0.883. The third-order valence-electron chi connectivity index (χ3n) is 2.98. The molecule has 2 heterocycles. The van der Waals surface area contributed by atoms with Gasteiger partial charge in [-0.25, -0.2) is 0 Å². The minimum Gasteiger partial charge on any atom is -0.378 e. The Bertz CT molecular complexity index is 389. The van der Waals surface area contributed by atoms with Crippen LogP contribution in [0.2, 0.25) is 0 Å². The summed E-state index contributed by atoms with van der Waals surface area (Å²) in [6.07, 6.45) is 8.47. The Hall–Kier alpha value is -0.740. The number of ketones is 1. The number of halogens is 1. The largest absolute Gasteiger partial charge is 0.378 e. The molecule has 17 heavy (non-hydrogen) atoms. The molecule has 0 amide bonds. The maximum absolute atomic E-state index is 11.9. The van der Waals surface area contributed by atoms with E-state index in [0.29, 0.717) is 18.1 Å². The zero-order valence-electron chi connectivity index (χ0n) is 9.69. The minimum absolute atomic E-state index is 0.164. The number of ether oxygens (including phenoxy) is 1. The second-order valence-corrected chi connectivity index (χ2v) is 5.26. The summed E-state index contributed by atoms with van der Waals surface area (Å²) in [4.78, 5) is 15.9. The Morgan fingerprint density at radius 1 is 1.53 bits per heavy atom. The highest BCUT2D eigenvalue weighted by atomic mass is 79.9.